The van der Waals surface area contributed by atoms with Gasteiger partial charge in [0, 0.05) is 28.7 Å². The highest BCUT2D eigenvalue weighted by molar-refractivity contribution is 6.09. The molecule has 0 fully saturated rings. The molecule has 0 saturated carbocycles. The van der Waals surface area contributed by atoms with E-state index in [-0.39, 0.29) is 5.39 Å². The summed E-state index contributed by atoms with van der Waals surface area (Å²) in [5, 5.41) is 0.674. The molecule has 5 aromatic rings. The van der Waals surface area contributed by atoms with Crippen LogP contribution in [0.4, 0.5) is 8.78 Å². The van der Waals surface area contributed by atoms with Crippen molar-refractivity contribution in [3.05, 3.63) is 130 Å². The van der Waals surface area contributed by atoms with Crippen molar-refractivity contribution in [3.63, 3.8) is 0 Å². The van der Waals surface area contributed by atoms with Gasteiger partial charge in [-0.05, 0) is 64.4 Å². The molecule has 5 aromatic carbocycles. The fourth-order valence-electron chi connectivity index (χ4n) is 7.15. The number of ether oxygens (including phenoxy) is 4. The third-order valence-electron chi connectivity index (χ3n) is 9.41. The molecule has 0 bridgehead atoms. The maximum Gasteiger partial charge on any atom is 0.181 e. The summed E-state index contributed by atoms with van der Waals surface area (Å²) < 4.78 is 56.1. The molecular formula is C40H36F2O4. The Morgan fingerprint density at radius 1 is 0.783 bits per heavy atom. The molecule has 0 amide bonds. The number of halogens is 2. The number of benzene rings is 5. The van der Waals surface area contributed by atoms with Crippen LogP contribution in [0.25, 0.3) is 27.7 Å². The van der Waals surface area contributed by atoms with E-state index in [1.54, 1.807) is 14.2 Å². The number of hydrogen-bond donors (Lipinski definition) is 0. The van der Waals surface area contributed by atoms with Crippen molar-refractivity contribution in [2.75, 3.05) is 20.8 Å². The van der Waals surface area contributed by atoms with E-state index in [0.29, 0.717) is 34.8 Å². The summed E-state index contributed by atoms with van der Waals surface area (Å²) in [5.41, 5.74) is 4.23. The summed E-state index contributed by atoms with van der Waals surface area (Å²) >= 11 is 0. The van der Waals surface area contributed by atoms with Gasteiger partial charge >= 0.3 is 0 Å². The zero-order valence-electron chi connectivity index (χ0n) is 26.7. The standard InChI is InChI=1S/C40H36F2O4/c1-6-7-20-45-28-18-14-25(15-19-28)40(24-12-16-27(43-4)17-13-24)23-33(44-5)36-37-34(29-10-8-9-11-31(29)39(37,2)3)30-21-26(41)22-32(42)35(30)38(36)46-40/h8-19,21-23H,6-7,20H2,1-5H3. The molecule has 46 heavy (non-hydrogen) atoms. The lowest BCUT2D eigenvalue weighted by Crippen LogP contribution is -2.36. The normalized spacial score (nSPS) is 17.4. The zero-order valence-corrected chi connectivity index (χ0v) is 26.7. The lowest BCUT2D eigenvalue weighted by atomic mass is 9.76. The average molecular weight is 619 g/mol. The summed E-state index contributed by atoms with van der Waals surface area (Å²) in [5.74, 6) is 0.951. The molecule has 0 radical (unpaired) electrons. The van der Waals surface area contributed by atoms with E-state index in [1.165, 1.54) is 6.07 Å². The van der Waals surface area contributed by atoms with Gasteiger partial charge in [0.25, 0.3) is 0 Å². The van der Waals surface area contributed by atoms with Crippen molar-refractivity contribution < 1.29 is 27.7 Å². The SMILES string of the molecule is CCCCOc1ccc(C2(c3ccc(OC)cc3)C=C(OC)c3c4c(c5cc(F)cc(F)c5c3O2)-c2ccccc2C4(C)C)cc1. The molecule has 6 heteroatoms. The Hall–Kier alpha value is -4.84. The van der Waals surface area contributed by atoms with E-state index in [9.17, 15) is 0 Å². The second-order valence-corrected chi connectivity index (χ2v) is 12.4. The Labute approximate surface area is 268 Å². The van der Waals surface area contributed by atoms with Crippen molar-refractivity contribution >= 4 is 16.5 Å². The number of hydrogen-bond acceptors (Lipinski definition) is 4. The van der Waals surface area contributed by atoms with Gasteiger partial charge < -0.3 is 18.9 Å². The smallest absolute Gasteiger partial charge is 0.181 e. The lowest BCUT2D eigenvalue weighted by molar-refractivity contribution is 0.155. The number of fused-ring (bicyclic) bond motifs is 8. The minimum atomic E-state index is -1.23. The third kappa shape index (κ3) is 4.45. The first-order valence-corrected chi connectivity index (χ1v) is 15.7. The van der Waals surface area contributed by atoms with Gasteiger partial charge in [-0.15, -0.1) is 0 Å². The van der Waals surface area contributed by atoms with Crippen molar-refractivity contribution in [1.29, 1.82) is 0 Å². The van der Waals surface area contributed by atoms with Gasteiger partial charge in [0.05, 0.1) is 31.8 Å². The minimum absolute atomic E-state index is 0.211. The minimum Gasteiger partial charge on any atom is -0.497 e. The maximum atomic E-state index is 16.2. The topological polar surface area (TPSA) is 36.9 Å². The molecule has 1 heterocycles. The first-order valence-electron chi connectivity index (χ1n) is 15.7. The van der Waals surface area contributed by atoms with Crippen molar-refractivity contribution in [2.24, 2.45) is 0 Å². The van der Waals surface area contributed by atoms with Gasteiger partial charge in [-0.2, -0.15) is 0 Å². The predicted octanol–water partition coefficient (Wildman–Crippen LogP) is 9.94. The fourth-order valence-corrected chi connectivity index (χ4v) is 7.15. The number of unbranched alkanes of at least 4 members (excludes halogenated alkanes) is 1. The summed E-state index contributed by atoms with van der Waals surface area (Å²) in [6.45, 7) is 7.02. The van der Waals surface area contributed by atoms with Crippen LogP contribution in [0.2, 0.25) is 0 Å². The van der Waals surface area contributed by atoms with Crippen LogP contribution in [-0.4, -0.2) is 20.8 Å². The van der Waals surface area contributed by atoms with Crippen LogP contribution in [0.3, 0.4) is 0 Å². The summed E-state index contributed by atoms with van der Waals surface area (Å²) in [6.07, 6.45) is 3.97. The number of methoxy groups -OCH3 is 2. The summed E-state index contributed by atoms with van der Waals surface area (Å²) in [7, 11) is 3.24. The fraction of sp³-hybridized carbons (Fsp3) is 0.250. The first-order chi connectivity index (χ1) is 22.2. The molecule has 1 aliphatic heterocycles. The molecule has 4 nitrogen and oxygen atoms in total. The van der Waals surface area contributed by atoms with Crippen LogP contribution in [0, 0.1) is 11.6 Å². The van der Waals surface area contributed by atoms with Crippen LogP contribution in [0.1, 0.15) is 61.4 Å². The molecule has 7 rings (SSSR count). The van der Waals surface area contributed by atoms with E-state index in [2.05, 4.69) is 26.8 Å². The molecule has 0 aromatic heterocycles. The first kappa shape index (κ1) is 29.8. The Kier molecular flexibility index (Phi) is 7.27. The Morgan fingerprint density at radius 2 is 1.46 bits per heavy atom. The van der Waals surface area contributed by atoms with E-state index in [1.807, 2.05) is 72.8 Å². The average Bonchev–Trinajstić information content (AvgIpc) is 3.31. The highest BCUT2D eigenvalue weighted by atomic mass is 19.1. The van der Waals surface area contributed by atoms with Gasteiger partial charge in [-0.1, -0.05) is 75.7 Å². The van der Waals surface area contributed by atoms with Gasteiger partial charge in [-0.3, -0.25) is 0 Å². The molecule has 1 aliphatic carbocycles. The predicted molar refractivity (Wildman–Crippen MR) is 178 cm³/mol. The third-order valence-corrected chi connectivity index (χ3v) is 9.41. The van der Waals surface area contributed by atoms with Crippen molar-refractivity contribution in [2.45, 2.75) is 44.6 Å². The van der Waals surface area contributed by atoms with E-state index < -0.39 is 22.7 Å². The molecule has 0 saturated heterocycles. The highest BCUT2D eigenvalue weighted by Crippen LogP contribution is 2.60. The monoisotopic (exact) mass is 618 g/mol. The van der Waals surface area contributed by atoms with Crippen LogP contribution < -0.4 is 14.2 Å². The zero-order chi connectivity index (χ0) is 32.2. The quantitative estimate of drug-likeness (QED) is 0.162. The Balaban J connectivity index is 1.54. The lowest BCUT2D eigenvalue weighted by Gasteiger charge is -2.40. The molecule has 2 aliphatic rings. The van der Waals surface area contributed by atoms with Gasteiger partial charge in [0.2, 0.25) is 0 Å². The van der Waals surface area contributed by atoms with Crippen LogP contribution in [0.15, 0.2) is 91.0 Å². The number of rotatable bonds is 8. The Bertz CT molecular complexity index is 1990. The van der Waals surface area contributed by atoms with Gasteiger partial charge in [0.15, 0.2) is 5.60 Å². The largest absolute Gasteiger partial charge is 0.497 e. The molecular weight excluding hydrogens is 582 g/mol. The van der Waals surface area contributed by atoms with Crippen LogP contribution in [-0.2, 0) is 15.8 Å². The summed E-state index contributed by atoms with van der Waals surface area (Å²) in [6, 6.07) is 25.8. The van der Waals surface area contributed by atoms with Crippen molar-refractivity contribution in [3.8, 4) is 28.4 Å². The molecule has 1 unspecified atom stereocenters. The maximum absolute atomic E-state index is 16.2. The molecule has 234 valence electrons. The molecule has 0 spiro atoms. The van der Waals surface area contributed by atoms with Crippen LogP contribution in [0.5, 0.6) is 17.2 Å². The van der Waals surface area contributed by atoms with Gasteiger partial charge in [-0.25, -0.2) is 8.78 Å². The van der Waals surface area contributed by atoms with Crippen molar-refractivity contribution in [1.82, 2.24) is 0 Å². The second-order valence-electron chi connectivity index (χ2n) is 12.4. The van der Waals surface area contributed by atoms with E-state index >= 15 is 8.78 Å². The van der Waals surface area contributed by atoms with E-state index in [0.717, 1.165) is 58.0 Å². The summed E-state index contributed by atoms with van der Waals surface area (Å²) in [4.78, 5) is 0. The molecule has 0 N–H and O–H groups in total. The molecule has 1 atom stereocenters. The Morgan fingerprint density at radius 3 is 2.11 bits per heavy atom. The second kappa shape index (κ2) is 11.2. The van der Waals surface area contributed by atoms with Crippen LogP contribution >= 0.6 is 0 Å². The van der Waals surface area contributed by atoms with Gasteiger partial charge in [0.1, 0.15) is 34.6 Å². The highest BCUT2D eigenvalue weighted by Gasteiger charge is 2.47. The van der Waals surface area contributed by atoms with E-state index in [4.69, 9.17) is 18.9 Å².